The van der Waals surface area contributed by atoms with E-state index < -0.39 is 17.7 Å². The number of carbonyl (C=O) groups excluding carboxylic acids is 1. The molecular weight excluding hydrogens is 443 g/mol. The van der Waals surface area contributed by atoms with Crippen LogP contribution in [0.5, 0.6) is 0 Å². The summed E-state index contributed by atoms with van der Waals surface area (Å²) < 4.78 is 44.2. The number of halogens is 4. The Morgan fingerprint density at radius 2 is 1.88 bits per heavy atom. The van der Waals surface area contributed by atoms with E-state index in [-0.39, 0.29) is 23.2 Å². The van der Waals surface area contributed by atoms with Crippen molar-refractivity contribution in [2.24, 2.45) is 11.0 Å². The maximum Gasteiger partial charge on any atom is 0.416 e. The Morgan fingerprint density at radius 1 is 1.19 bits per heavy atom. The van der Waals surface area contributed by atoms with Gasteiger partial charge in [-0.15, -0.1) is 5.10 Å². The molecule has 0 radical (unpaired) electrons. The van der Waals surface area contributed by atoms with Gasteiger partial charge in [0.15, 0.2) is 0 Å². The lowest BCUT2D eigenvalue weighted by atomic mass is 9.90. The molecule has 3 rings (SSSR count). The molecule has 2 aromatic carbocycles. The first-order valence-electron chi connectivity index (χ1n) is 10.4. The number of nitrogens with one attached hydrogen (secondary N) is 1. The van der Waals surface area contributed by atoms with Crippen LogP contribution in [-0.2, 0) is 22.1 Å². The SMILES string of the molecule is CCOC(=O)C(=NNc1cc(C(F)(F)F)ccc1Cl)N1CCC(Cc2ccccc2)CC1. The molecule has 1 heterocycles. The van der Waals surface area contributed by atoms with Crippen LogP contribution >= 0.6 is 11.6 Å². The van der Waals surface area contributed by atoms with Crippen LogP contribution in [0.3, 0.4) is 0 Å². The molecule has 2 aromatic rings. The molecule has 0 spiro atoms. The monoisotopic (exact) mass is 467 g/mol. The van der Waals surface area contributed by atoms with Gasteiger partial charge in [0.05, 0.1) is 22.9 Å². The fourth-order valence-electron chi connectivity index (χ4n) is 3.64. The molecule has 1 fully saturated rings. The van der Waals surface area contributed by atoms with Crippen LogP contribution in [0.2, 0.25) is 5.02 Å². The van der Waals surface area contributed by atoms with Crippen molar-refractivity contribution < 1.29 is 22.7 Å². The fourth-order valence-corrected chi connectivity index (χ4v) is 3.80. The van der Waals surface area contributed by atoms with Crippen molar-refractivity contribution in [2.75, 3.05) is 25.1 Å². The molecule has 0 unspecified atom stereocenters. The van der Waals surface area contributed by atoms with Crippen LogP contribution in [0.15, 0.2) is 53.6 Å². The van der Waals surface area contributed by atoms with Gasteiger partial charge in [0.1, 0.15) is 0 Å². The number of likely N-dealkylation sites (tertiary alicyclic amines) is 1. The predicted octanol–water partition coefficient (Wildman–Crippen LogP) is 5.60. The van der Waals surface area contributed by atoms with E-state index in [1.54, 1.807) is 11.8 Å². The van der Waals surface area contributed by atoms with Crippen LogP contribution in [0.25, 0.3) is 0 Å². The van der Waals surface area contributed by atoms with E-state index in [0.717, 1.165) is 37.5 Å². The minimum absolute atomic E-state index is 0.0264. The molecule has 1 N–H and O–H groups in total. The van der Waals surface area contributed by atoms with Crippen LogP contribution < -0.4 is 5.43 Å². The quantitative estimate of drug-likeness (QED) is 0.269. The average molecular weight is 468 g/mol. The zero-order chi connectivity index (χ0) is 23.1. The number of hydrogen-bond acceptors (Lipinski definition) is 4. The van der Waals surface area contributed by atoms with Gasteiger partial charge in [-0.3, -0.25) is 5.43 Å². The van der Waals surface area contributed by atoms with E-state index in [1.165, 1.54) is 5.56 Å². The second kappa shape index (κ2) is 10.7. The normalized spacial score (nSPS) is 15.5. The molecule has 32 heavy (non-hydrogen) atoms. The summed E-state index contributed by atoms with van der Waals surface area (Å²) in [6.07, 6.45) is -1.84. The van der Waals surface area contributed by atoms with Crippen LogP contribution in [0.1, 0.15) is 30.9 Å². The van der Waals surface area contributed by atoms with Crippen LogP contribution in [0, 0.1) is 5.92 Å². The Kier molecular flexibility index (Phi) is 8.01. The third kappa shape index (κ3) is 6.38. The summed E-state index contributed by atoms with van der Waals surface area (Å²) in [5, 5.41) is 4.16. The largest absolute Gasteiger partial charge is 0.460 e. The summed E-state index contributed by atoms with van der Waals surface area (Å²) >= 11 is 6.02. The fraction of sp³-hybridized carbons (Fsp3) is 0.391. The molecule has 5 nitrogen and oxygen atoms in total. The van der Waals surface area contributed by atoms with Crippen molar-refractivity contribution in [3.8, 4) is 0 Å². The van der Waals surface area contributed by atoms with Crippen molar-refractivity contribution in [2.45, 2.75) is 32.4 Å². The number of esters is 1. The summed E-state index contributed by atoms with van der Waals surface area (Å²) in [6, 6.07) is 13.1. The summed E-state index contributed by atoms with van der Waals surface area (Å²) in [5.74, 6) is -0.133. The second-order valence-corrected chi connectivity index (χ2v) is 7.99. The molecule has 0 aromatic heterocycles. The van der Waals surface area contributed by atoms with E-state index in [4.69, 9.17) is 16.3 Å². The smallest absolute Gasteiger partial charge is 0.416 e. The van der Waals surface area contributed by atoms with Crippen LogP contribution in [-0.4, -0.2) is 36.4 Å². The van der Waals surface area contributed by atoms with Gasteiger partial charge in [0.2, 0.25) is 5.84 Å². The van der Waals surface area contributed by atoms with Gasteiger partial charge >= 0.3 is 12.1 Å². The molecule has 0 aliphatic carbocycles. The molecule has 0 atom stereocenters. The highest BCUT2D eigenvalue weighted by Crippen LogP contribution is 2.34. The predicted molar refractivity (Wildman–Crippen MR) is 119 cm³/mol. The van der Waals surface area contributed by atoms with E-state index in [0.29, 0.717) is 19.0 Å². The third-order valence-corrected chi connectivity index (χ3v) is 5.64. The number of carbonyl (C=O) groups is 1. The number of nitrogens with zero attached hydrogens (tertiary/aromatic N) is 2. The van der Waals surface area contributed by atoms with Gasteiger partial charge in [-0.05, 0) is 55.9 Å². The average Bonchev–Trinajstić information content (AvgIpc) is 2.76. The summed E-state index contributed by atoms with van der Waals surface area (Å²) in [6.45, 7) is 3.02. The van der Waals surface area contributed by atoms with Crippen molar-refractivity contribution in [3.63, 3.8) is 0 Å². The Morgan fingerprint density at radius 3 is 2.50 bits per heavy atom. The number of amidine groups is 1. The van der Waals surface area contributed by atoms with E-state index in [9.17, 15) is 18.0 Å². The highest BCUT2D eigenvalue weighted by molar-refractivity contribution is 6.35. The Bertz CT molecular complexity index is 943. The standard InChI is InChI=1S/C23H25ClF3N3O2/c1-2-32-22(31)21(29-28-20-15-18(23(25,26)27)8-9-19(20)24)30-12-10-17(11-13-30)14-16-6-4-3-5-7-16/h3-9,15,17,28H,2,10-14H2,1H3. The number of benzene rings is 2. The first kappa shape index (κ1) is 23.9. The molecule has 1 aliphatic rings. The Hall–Kier alpha value is -2.74. The zero-order valence-corrected chi connectivity index (χ0v) is 18.4. The van der Waals surface area contributed by atoms with E-state index in [2.05, 4.69) is 22.7 Å². The number of ether oxygens (including phenoxy) is 1. The van der Waals surface area contributed by atoms with Gasteiger partial charge < -0.3 is 9.64 Å². The molecule has 0 amide bonds. The highest BCUT2D eigenvalue weighted by atomic mass is 35.5. The number of hydrogen-bond donors (Lipinski definition) is 1. The second-order valence-electron chi connectivity index (χ2n) is 7.58. The van der Waals surface area contributed by atoms with Crippen molar-refractivity contribution in [3.05, 3.63) is 64.7 Å². The number of anilines is 1. The molecule has 0 saturated carbocycles. The highest BCUT2D eigenvalue weighted by Gasteiger charge is 2.31. The first-order valence-corrected chi connectivity index (χ1v) is 10.8. The number of hydrazone groups is 1. The molecule has 1 aliphatic heterocycles. The maximum atomic E-state index is 13.0. The molecular formula is C23H25ClF3N3O2. The molecule has 1 saturated heterocycles. The maximum absolute atomic E-state index is 13.0. The zero-order valence-electron chi connectivity index (χ0n) is 17.7. The molecule has 0 bridgehead atoms. The third-order valence-electron chi connectivity index (χ3n) is 5.32. The van der Waals surface area contributed by atoms with Gasteiger partial charge in [-0.1, -0.05) is 41.9 Å². The lowest BCUT2D eigenvalue weighted by Crippen LogP contribution is -2.43. The van der Waals surface area contributed by atoms with Crippen LogP contribution in [0.4, 0.5) is 18.9 Å². The van der Waals surface area contributed by atoms with Crippen molar-refractivity contribution in [1.29, 1.82) is 0 Å². The van der Waals surface area contributed by atoms with Crippen molar-refractivity contribution >= 4 is 29.1 Å². The summed E-state index contributed by atoms with van der Waals surface area (Å²) in [7, 11) is 0. The first-order chi connectivity index (χ1) is 15.3. The van der Waals surface area contributed by atoms with Gasteiger partial charge in [-0.25, -0.2) is 4.79 Å². The topological polar surface area (TPSA) is 53.9 Å². The minimum atomic E-state index is -4.52. The lowest BCUT2D eigenvalue weighted by molar-refractivity contribution is -0.138. The van der Waals surface area contributed by atoms with Gasteiger partial charge in [0.25, 0.3) is 0 Å². The molecule has 9 heteroatoms. The summed E-state index contributed by atoms with van der Waals surface area (Å²) in [5.41, 5.74) is 2.89. The van der Waals surface area contributed by atoms with Gasteiger partial charge in [0, 0.05) is 13.1 Å². The Labute approximate surface area is 190 Å². The Balaban J connectivity index is 1.72. The van der Waals surface area contributed by atoms with Gasteiger partial charge in [-0.2, -0.15) is 13.2 Å². The number of piperidine rings is 1. The minimum Gasteiger partial charge on any atom is -0.460 e. The lowest BCUT2D eigenvalue weighted by Gasteiger charge is -2.33. The summed E-state index contributed by atoms with van der Waals surface area (Å²) in [4.78, 5) is 14.3. The van der Waals surface area contributed by atoms with Crippen molar-refractivity contribution in [1.82, 2.24) is 4.90 Å². The number of rotatable bonds is 5. The van der Waals surface area contributed by atoms with E-state index in [1.807, 2.05) is 18.2 Å². The number of alkyl halides is 3. The van der Waals surface area contributed by atoms with E-state index >= 15 is 0 Å². The molecule has 172 valence electrons.